The van der Waals surface area contributed by atoms with Crippen molar-refractivity contribution in [2.24, 2.45) is 4.99 Å². The number of methoxy groups -OCH3 is 1. The van der Waals surface area contributed by atoms with Gasteiger partial charge in [-0.1, -0.05) is 60.7 Å². The highest BCUT2D eigenvalue weighted by Gasteiger charge is 2.29. The van der Waals surface area contributed by atoms with Gasteiger partial charge in [0.15, 0.2) is 0 Å². The van der Waals surface area contributed by atoms with Gasteiger partial charge in [-0.05, 0) is 29.8 Å². The first-order chi connectivity index (χ1) is 12.4. The van der Waals surface area contributed by atoms with Gasteiger partial charge in [0.05, 0.1) is 25.3 Å². The molecule has 0 N–H and O–H groups in total. The lowest BCUT2D eigenvalue weighted by atomic mass is 10.1. The maximum Gasteiger partial charge on any atom is 0.139 e. The summed E-state index contributed by atoms with van der Waals surface area (Å²) in [6, 6.07) is 29.0. The molecular formula is C22H20N2O. The van der Waals surface area contributed by atoms with E-state index in [-0.39, 0.29) is 6.04 Å². The Morgan fingerprint density at radius 1 is 0.840 bits per heavy atom. The smallest absolute Gasteiger partial charge is 0.139 e. The van der Waals surface area contributed by atoms with Crippen molar-refractivity contribution in [3.63, 3.8) is 0 Å². The van der Waals surface area contributed by atoms with E-state index in [4.69, 9.17) is 9.73 Å². The Morgan fingerprint density at radius 3 is 2.20 bits per heavy atom. The van der Waals surface area contributed by atoms with E-state index in [0.717, 1.165) is 29.4 Å². The van der Waals surface area contributed by atoms with Gasteiger partial charge in [0.1, 0.15) is 11.6 Å². The van der Waals surface area contributed by atoms with E-state index >= 15 is 0 Å². The van der Waals surface area contributed by atoms with Crippen LogP contribution in [0.25, 0.3) is 0 Å². The van der Waals surface area contributed by atoms with Crippen LogP contribution < -0.4 is 9.64 Å². The van der Waals surface area contributed by atoms with E-state index in [2.05, 4.69) is 59.5 Å². The fourth-order valence-electron chi connectivity index (χ4n) is 3.25. The summed E-state index contributed by atoms with van der Waals surface area (Å²) >= 11 is 0. The number of hydrogen-bond acceptors (Lipinski definition) is 3. The molecule has 4 rings (SSSR count). The molecule has 1 heterocycles. The molecule has 0 radical (unpaired) electrons. The third-order valence-corrected chi connectivity index (χ3v) is 4.49. The summed E-state index contributed by atoms with van der Waals surface area (Å²) in [5.74, 6) is 1.80. The first kappa shape index (κ1) is 15.5. The second-order valence-electron chi connectivity index (χ2n) is 6.03. The molecule has 124 valence electrons. The fourth-order valence-corrected chi connectivity index (χ4v) is 3.25. The van der Waals surface area contributed by atoms with Gasteiger partial charge >= 0.3 is 0 Å². The summed E-state index contributed by atoms with van der Waals surface area (Å²) in [5.41, 5.74) is 3.39. The first-order valence-corrected chi connectivity index (χ1v) is 8.45. The quantitative estimate of drug-likeness (QED) is 0.693. The number of aliphatic imine (C=N–C) groups is 1. The molecule has 0 fully saturated rings. The summed E-state index contributed by atoms with van der Waals surface area (Å²) in [6.45, 7) is 0.821. The summed E-state index contributed by atoms with van der Waals surface area (Å²) in [4.78, 5) is 7.33. The van der Waals surface area contributed by atoms with Crippen molar-refractivity contribution in [1.82, 2.24) is 0 Å². The number of benzene rings is 3. The lowest BCUT2D eigenvalue weighted by molar-refractivity contribution is 0.414. The largest absolute Gasteiger partial charge is 0.496 e. The predicted molar refractivity (Wildman–Crippen MR) is 103 cm³/mol. The fraction of sp³-hybridized carbons (Fsp3) is 0.136. The zero-order valence-corrected chi connectivity index (χ0v) is 14.2. The van der Waals surface area contributed by atoms with Crippen molar-refractivity contribution >= 4 is 11.5 Å². The molecule has 0 aliphatic carbocycles. The third-order valence-electron chi connectivity index (χ3n) is 4.49. The molecule has 3 aromatic rings. The van der Waals surface area contributed by atoms with Crippen molar-refractivity contribution in [2.45, 2.75) is 6.04 Å². The van der Waals surface area contributed by atoms with E-state index in [1.165, 1.54) is 5.56 Å². The molecule has 25 heavy (non-hydrogen) atoms. The minimum absolute atomic E-state index is 0.112. The molecule has 0 saturated carbocycles. The molecule has 1 aliphatic heterocycles. The standard InChI is InChI=1S/C22H20N2O/c1-25-21-15-9-8-14-19(21)22-23-20(17-10-4-2-5-11-17)16-24(22)18-12-6-3-7-13-18/h2-15,20H,16H2,1H3. The van der Waals surface area contributed by atoms with Crippen LogP contribution in [0.4, 0.5) is 5.69 Å². The zero-order chi connectivity index (χ0) is 17.1. The normalized spacial score (nSPS) is 16.6. The van der Waals surface area contributed by atoms with Crippen LogP contribution in [0.2, 0.25) is 0 Å². The Kier molecular flexibility index (Phi) is 4.21. The molecule has 0 spiro atoms. The minimum Gasteiger partial charge on any atom is -0.496 e. The van der Waals surface area contributed by atoms with Crippen LogP contribution in [0, 0.1) is 0 Å². The molecule has 0 saturated heterocycles. The number of ether oxygens (including phenoxy) is 1. The van der Waals surface area contributed by atoms with Gasteiger partial charge in [0, 0.05) is 5.69 Å². The molecule has 1 aliphatic rings. The topological polar surface area (TPSA) is 24.8 Å². The third kappa shape index (κ3) is 3.01. The van der Waals surface area contributed by atoms with Crippen molar-refractivity contribution in [1.29, 1.82) is 0 Å². The average molecular weight is 328 g/mol. The van der Waals surface area contributed by atoms with Crippen LogP contribution in [-0.2, 0) is 0 Å². The Hall–Kier alpha value is -3.07. The Bertz CT molecular complexity index is 875. The highest BCUT2D eigenvalue weighted by molar-refractivity contribution is 6.13. The number of hydrogen-bond donors (Lipinski definition) is 0. The number of para-hydroxylation sites is 2. The van der Waals surface area contributed by atoms with Crippen LogP contribution in [0.1, 0.15) is 17.2 Å². The monoisotopic (exact) mass is 328 g/mol. The van der Waals surface area contributed by atoms with Crippen molar-refractivity contribution in [3.05, 3.63) is 96.1 Å². The van der Waals surface area contributed by atoms with Gasteiger partial charge in [0.2, 0.25) is 0 Å². The highest BCUT2D eigenvalue weighted by atomic mass is 16.5. The van der Waals surface area contributed by atoms with Gasteiger partial charge in [-0.15, -0.1) is 0 Å². The molecule has 0 amide bonds. The summed E-state index contributed by atoms with van der Waals surface area (Å²) in [6.07, 6.45) is 0. The molecule has 0 aromatic heterocycles. The van der Waals surface area contributed by atoms with E-state index in [9.17, 15) is 0 Å². The van der Waals surface area contributed by atoms with Gasteiger partial charge in [-0.2, -0.15) is 0 Å². The van der Waals surface area contributed by atoms with Gasteiger partial charge in [0.25, 0.3) is 0 Å². The van der Waals surface area contributed by atoms with E-state index < -0.39 is 0 Å². The Balaban J connectivity index is 1.80. The van der Waals surface area contributed by atoms with Crippen LogP contribution in [0.3, 0.4) is 0 Å². The summed E-state index contributed by atoms with van der Waals surface area (Å²) in [5, 5.41) is 0. The minimum atomic E-state index is 0.112. The van der Waals surface area contributed by atoms with Crippen LogP contribution in [-0.4, -0.2) is 19.5 Å². The van der Waals surface area contributed by atoms with Gasteiger partial charge in [-0.3, -0.25) is 4.99 Å². The van der Waals surface area contributed by atoms with Crippen LogP contribution in [0.5, 0.6) is 5.75 Å². The van der Waals surface area contributed by atoms with Gasteiger partial charge < -0.3 is 9.64 Å². The lowest BCUT2D eigenvalue weighted by Crippen LogP contribution is -2.28. The highest BCUT2D eigenvalue weighted by Crippen LogP contribution is 2.33. The zero-order valence-electron chi connectivity index (χ0n) is 14.2. The first-order valence-electron chi connectivity index (χ1n) is 8.45. The van der Waals surface area contributed by atoms with E-state index in [1.807, 2.05) is 30.3 Å². The second-order valence-corrected chi connectivity index (χ2v) is 6.03. The molecule has 1 atom stereocenters. The molecule has 3 nitrogen and oxygen atoms in total. The maximum atomic E-state index is 5.58. The van der Waals surface area contributed by atoms with Crippen LogP contribution >= 0.6 is 0 Å². The number of rotatable bonds is 4. The van der Waals surface area contributed by atoms with Crippen molar-refractivity contribution in [3.8, 4) is 5.75 Å². The Labute approximate surface area is 148 Å². The average Bonchev–Trinajstić information content (AvgIpc) is 3.14. The second kappa shape index (κ2) is 6.81. The van der Waals surface area contributed by atoms with E-state index in [0.29, 0.717) is 0 Å². The van der Waals surface area contributed by atoms with Gasteiger partial charge in [-0.25, -0.2) is 0 Å². The van der Waals surface area contributed by atoms with Crippen molar-refractivity contribution < 1.29 is 4.74 Å². The van der Waals surface area contributed by atoms with Crippen molar-refractivity contribution in [2.75, 3.05) is 18.6 Å². The number of anilines is 1. The predicted octanol–water partition coefficient (Wildman–Crippen LogP) is 4.70. The number of amidine groups is 1. The Morgan fingerprint density at radius 2 is 1.48 bits per heavy atom. The number of nitrogens with zero attached hydrogens (tertiary/aromatic N) is 2. The molecule has 1 unspecified atom stereocenters. The van der Waals surface area contributed by atoms with E-state index in [1.54, 1.807) is 7.11 Å². The molecule has 0 bridgehead atoms. The van der Waals surface area contributed by atoms with Crippen LogP contribution in [0.15, 0.2) is 89.9 Å². The molecule has 3 heteroatoms. The molecular weight excluding hydrogens is 308 g/mol. The maximum absolute atomic E-state index is 5.58. The SMILES string of the molecule is COc1ccccc1C1=NC(c2ccccc2)CN1c1ccccc1. The summed E-state index contributed by atoms with van der Waals surface area (Å²) < 4.78 is 5.58. The lowest BCUT2D eigenvalue weighted by Gasteiger charge is -2.22. The summed E-state index contributed by atoms with van der Waals surface area (Å²) in [7, 11) is 1.70. The molecule has 3 aromatic carbocycles.